The minimum atomic E-state index is -0.0161. The number of aromatic nitrogens is 1. The normalized spacial score (nSPS) is 11.9. The van der Waals surface area contributed by atoms with Crippen molar-refractivity contribution >= 4 is 12.0 Å². The number of nitrogens with one attached hydrogen (secondary N) is 1. The topological polar surface area (TPSA) is 63.3 Å². The first-order valence-corrected chi connectivity index (χ1v) is 4.49. The summed E-state index contributed by atoms with van der Waals surface area (Å²) in [7, 11) is 0. The summed E-state index contributed by atoms with van der Waals surface area (Å²) in [5.41, 5.74) is 9.36. The summed E-state index contributed by atoms with van der Waals surface area (Å²) in [6.07, 6.45) is 3.40. The molecule has 1 aromatic heterocycles. The Morgan fingerprint density at radius 2 is 2.14 bits per heavy atom. The van der Waals surface area contributed by atoms with Crippen LogP contribution in [-0.2, 0) is 0 Å². The number of hydrogen-bond donors (Lipinski definition) is 2. The molecule has 14 heavy (non-hydrogen) atoms. The van der Waals surface area contributed by atoms with E-state index < -0.39 is 0 Å². The summed E-state index contributed by atoms with van der Waals surface area (Å²) in [6, 6.07) is 3.62. The molecule has 4 heteroatoms. The van der Waals surface area contributed by atoms with Crippen LogP contribution >= 0.6 is 0 Å². The van der Waals surface area contributed by atoms with Gasteiger partial charge in [0.25, 0.3) is 0 Å². The smallest absolute Gasteiger partial charge is 0.123 e. The molecule has 0 saturated heterocycles. The van der Waals surface area contributed by atoms with E-state index in [1.807, 2.05) is 26.8 Å². The van der Waals surface area contributed by atoms with Gasteiger partial charge in [-0.25, -0.2) is 4.98 Å². The summed E-state index contributed by atoms with van der Waals surface area (Å²) in [5.74, 6) is 0.519. The van der Waals surface area contributed by atoms with Crippen LogP contribution < -0.4 is 11.2 Å². The van der Waals surface area contributed by atoms with Gasteiger partial charge in [0.1, 0.15) is 5.82 Å². The van der Waals surface area contributed by atoms with Crippen LogP contribution in [0.25, 0.3) is 0 Å². The quantitative estimate of drug-likeness (QED) is 0.549. The van der Waals surface area contributed by atoms with Gasteiger partial charge in [-0.15, -0.1) is 0 Å². The molecule has 0 spiro atoms. The molecular formula is C10H16N4. The maximum Gasteiger partial charge on any atom is 0.123 e. The lowest BCUT2D eigenvalue weighted by Crippen LogP contribution is -2.31. The van der Waals surface area contributed by atoms with Gasteiger partial charge < -0.3 is 11.2 Å². The van der Waals surface area contributed by atoms with E-state index in [9.17, 15) is 0 Å². The lowest BCUT2D eigenvalue weighted by molar-refractivity contribution is 0.442. The van der Waals surface area contributed by atoms with E-state index in [-0.39, 0.29) is 5.54 Å². The maximum absolute atomic E-state index is 5.45. The Balaban J connectivity index is 2.57. The third kappa shape index (κ3) is 3.89. The molecule has 0 amide bonds. The molecule has 0 aliphatic carbocycles. The summed E-state index contributed by atoms with van der Waals surface area (Å²) >= 11 is 0. The predicted molar refractivity (Wildman–Crippen MR) is 59.1 cm³/mol. The number of hydrazone groups is 1. The molecular weight excluding hydrogens is 176 g/mol. The molecule has 4 nitrogen and oxygen atoms in total. The Morgan fingerprint density at radius 1 is 1.43 bits per heavy atom. The summed E-state index contributed by atoms with van der Waals surface area (Å²) in [4.78, 5) is 3.95. The SMILES string of the molecule is CC(C)(C)N/N=C/c1ccc(N)nc1. The Kier molecular flexibility index (Phi) is 3.06. The van der Waals surface area contributed by atoms with Crippen LogP contribution in [0.2, 0.25) is 0 Å². The van der Waals surface area contributed by atoms with Crippen molar-refractivity contribution in [1.82, 2.24) is 10.4 Å². The number of nitrogens with two attached hydrogens (primary N) is 1. The molecule has 1 aromatic rings. The molecule has 76 valence electrons. The Labute approximate surface area is 84.2 Å². The molecule has 0 bridgehead atoms. The molecule has 0 unspecified atom stereocenters. The molecule has 0 aromatic carbocycles. The van der Waals surface area contributed by atoms with Gasteiger partial charge >= 0.3 is 0 Å². The van der Waals surface area contributed by atoms with Crippen molar-refractivity contribution in [3.8, 4) is 0 Å². The van der Waals surface area contributed by atoms with Gasteiger partial charge in [0.05, 0.1) is 6.21 Å². The fraction of sp³-hybridized carbons (Fsp3) is 0.400. The van der Waals surface area contributed by atoms with Crippen molar-refractivity contribution in [3.63, 3.8) is 0 Å². The van der Waals surface area contributed by atoms with Crippen molar-refractivity contribution in [1.29, 1.82) is 0 Å². The van der Waals surface area contributed by atoms with Crippen LogP contribution in [0.4, 0.5) is 5.82 Å². The van der Waals surface area contributed by atoms with Crippen LogP contribution in [0.5, 0.6) is 0 Å². The Bertz CT molecular complexity index is 308. The van der Waals surface area contributed by atoms with Gasteiger partial charge in [0.15, 0.2) is 0 Å². The van der Waals surface area contributed by atoms with Gasteiger partial charge in [-0.3, -0.25) is 0 Å². The van der Waals surface area contributed by atoms with Crippen molar-refractivity contribution in [2.24, 2.45) is 5.10 Å². The van der Waals surface area contributed by atoms with Crippen LogP contribution in [0.15, 0.2) is 23.4 Å². The van der Waals surface area contributed by atoms with Crippen molar-refractivity contribution < 1.29 is 0 Å². The summed E-state index contributed by atoms with van der Waals surface area (Å²) in [6.45, 7) is 6.14. The number of pyridine rings is 1. The predicted octanol–water partition coefficient (Wildman–Crippen LogP) is 1.39. The molecule has 0 aliphatic heterocycles. The molecule has 0 radical (unpaired) electrons. The van der Waals surface area contributed by atoms with Crippen LogP contribution in [0.1, 0.15) is 26.3 Å². The fourth-order valence-electron chi connectivity index (χ4n) is 0.794. The van der Waals surface area contributed by atoms with Gasteiger partial charge in [0.2, 0.25) is 0 Å². The number of nitrogens with zero attached hydrogens (tertiary/aromatic N) is 2. The van der Waals surface area contributed by atoms with Gasteiger partial charge in [-0.05, 0) is 32.9 Å². The minimum Gasteiger partial charge on any atom is -0.384 e. The number of anilines is 1. The average Bonchev–Trinajstić information content (AvgIpc) is 2.06. The Hall–Kier alpha value is -1.58. The summed E-state index contributed by atoms with van der Waals surface area (Å²) < 4.78 is 0. The van der Waals surface area contributed by atoms with Crippen LogP contribution in [0.3, 0.4) is 0 Å². The zero-order valence-electron chi connectivity index (χ0n) is 8.78. The minimum absolute atomic E-state index is 0.0161. The summed E-state index contributed by atoms with van der Waals surface area (Å²) in [5, 5.41) is 4.09. The van der Waals surface area contributed by atoms with E-state index in [2.05, 4.69) is 15.5 Å². The average molecular weight is 192 g/mol. The second kappa shape index (κ2) is 4.09. The number of nitrogen functional groups attached to an aromatic ring is 1. The van der Waals surface area contributed by atoms with E-state index in [1.165, 1.54) is 0 Å². The zero-order valence-corrected chi connectivity index (χ0v) is 8.78. The molecule has 0 aliphatic rings. The monoisotopic (exact) mass is 192 g/mol. The highest BCUT2D eigenvalue weighted by molar-refractivity contribution is 5.79. The lowest BCUT2D eigenvalue weighted by atomic mass is 10.1. The van der Waals surface area contributed by atoms with E-state index in [0.29, 0.717) is 5.82 Å². The van der Waals surface area contributed by atoms with Gasteiger partial charge in [-0.1, -0.05) is 0 Å². The standard InChI is InChI=1S/C10H16N4/c1-10(2,3)14-13-7-8-4-5-9(11)12-6-8/h4-7,14H,1-3H3,(H2,11,12)/b13-7+. The fourth-order valence-corrected chi connectivity index (χ4v) is 0.794. The lowest BCUT2D eigenvalue weighted by Gasteiger charge is -2.16. The first kappa shape index (κ1) is 10.5. The molecule has 1 rings (SSSR count). The molecule has 0 atom stereocenters. The van der Waals surface area contributed by atoms with E-state index in [0.717, 1.165) is 5.56 Å². The highest BCUT2D eigenvalue weighted by atomic mass is 15.3. The van der Waals surface area contributed by atoms with Crippen molar-refractivity contribution in [3.05, 3.63) is 23.9 Å². The largest absolute Gasteiger partial charge is 0.384 e. The second-order valence-electron chi connectivity index (χ2n) is 4.14. The van der Waals surface area contributed by atoms with E-state index in [4.69, 9.17) is 5.73 Å². The van der Waals surface area contributed by atoms with Crippen LogP contribution in [-0.4, -0.2) is 16.7 Å². The van der Waals surface area contributed by atoms with Crippen molar-refractivity contribution in [2.75, 3.05) is 5.73 Å². The second-order valence-corrected chi connectivity index (χ2v) is 4.14. The molecule has 0 saturated carbocycles. The maximum atomic E-state index is 5.45. The van der Waals surface area contributed by atoms with Crippen LogP contribution in [0, 0.1) is 0 Å². The highest BCUT2D eigenvalue weighted by Crippen LogP contribution is 2.00. The molecule has 1 heterocycles. The van der Waals surface area contributed by atoms with Gasteiger partial charge in [0, 0.05) is 17.3 Å². The van der Waals surface area contributed by atoms with E-state index >= 15 is 0 Å². The third-order valence-corrected chi connectivity index (χ3v) is 1.42. The highest BCUT2D eigenvalue weighted by Gasteiger charge is 2.05. The zero-order chi connectivity index (χ0) is 10.6. The number of hydrogen-bond acceptors (Lipinski definition) is 4. The first-order valence-electron chi connectivity index (χ1n) is 4.49. The molecule has 3 N–H and O–H groups in total. The van der Waals surface area contributed by atoms with E-state index in [1.54, 1.807) is 18.5 Å². The van der Waals surface area contributed by atoms with Gasteiger partial charge in [-0.2, -0.15) is 5.10 Å². The Morgan fingerprint density at radius 3 is 2.64 bits per heavy atom. The molecule has 0 fully saturated rings. The first-order chi connectivity index (χ1) is 6.47. The number of rotatable bonds is 2. The van der Waals surface area contributed by atoms with Crippen molar-refractivity contribution in [2.45, 2.75) is 26.3 Å². The third-order valence-electron chi connectivity index (χ3n) is 1.42.